The summed E-state index contributed by atoms with van der Waals surface area (Å²) in [5.41, 5.74) is 0.811. The Morgan fingerprint density at radius 3 is 1.97 bits per heavy atom. The number of esters is 2. The molecule has 0 bridgehead atoms. The minimum absolute atomic E-state index is 0.00781. The SMILES string of the molecule is COC(=O)CC[C@H](NC(=O)[C@H](Cc1ccccc1)NC(=O)OC(C)(C)C)C(=O)OCc1ccccc1. The molecule has 2 amide bonds. The van der Waals surface area contributed by atoms with Crippen molar-refractivity contribution in [3.05, 3.63) is 71.8 Å². The van der Waals surface area contributed by atoms with E-state index in [0.29, 0.717) is 0 Å². The van der Waals surface area contributed by atoms with Crippen molar-refractivity contribution in [3.8, 4) is 0 Å². The smallest absolute Gasteiger partial charge is 0.408 e. The maximum Gasteiger partial charge on any atom is 0.408 e. The molecule has 0 aromatic heterocycles. The maximum absolute atomic E-state index is 13.2. The lowest BCUT2D eigenvalue weighted by atomic mass is 10.0. The number of benzene rings is 2. The third-order valence-electron chi connectivity index (χ3n) is 4.98. The molecule has 0 saturated carbocycles. The zero-order chi connectivity index (χ0) is 26.6. The first kappa shape index (κ1) is 28.4. The lowest BCUT2D eigenvalue weighted by molar-refractivity contribution is -0.150. The average molecular weight is 499 g/mol. The topological polar surface area (TPSA) is 120 Å². The van der Waals surface area contributed by atoms with E-state index in [1.165, 1.54) is 7.11 Å². The number of alkyl carbamates (subject to hydrolysis) is 1. The van der Waals surface area contributed by atoms with Crippen LogP contribution in [0.2, 0.25) is 0 Å². The van der Waals surface area contributed by atoms with Gasteiger partial charge in [-0.1, -0.05) is 60.7 Å². The number of ether oxygens (including phenoxy) is 3. The summed E-state index contributed by atoms with van der Waals surface area (Å²) in [7, 11) is 1.24. The van der Waals surface area contributed by atoms with E-state index in [1.807, 2.05) is 48.5 Å². The van der Waals surface area contributed by atoms with Gasteiger partial charge in [0.25, 0.3) is 0 Å². The Kier molecular flexibility index (Phi) is 10.9. The van der Waals surface area contributed by atoms with Crippen molar-refractivity contribution < 1.29 is 33.4 Å². The van der Waals surface area contributed by atoms with Crippen molar-refractivity contribution in [1.29, 1.82) is 0 Å². The van der Waals surface area contributed by atoms with Crippen LogP contribution in [-0.4, -0.2) is 48.7 Å². The van der Waals surface area contributed by atoms with E-state index in [1.54, 1.807) is 32.9 Å². The van der Waals surface area contributed by atoms with Crippen LogP contribution in [0.25, 0.3) is 0 Å². The first-order valence-electron chi connectivity index (χ1n) is 11.7. The van der Waals surface area contributed by atoms with Crippen LogP contribution in [0.3, 0.4) is 0 Å². The van der Waals surface area contributed by atoms with Crippen LogP contribution < -0.4 is 10.6 Å². The van der Waals surface area contributed by atoms with Gasteiger partial charge in [-0.25, -0.2) is 9.59 Å². The van der Waals surface area contributed by atoms with E-state index < -0.39 is 41.6 Å². The van der Waals surface area contributed by atoms with Gasteiger partial charge in [0.15, 0.2) is 0 Å². The molecule has 0 spiro atoms. The molecule has 2 aromatic rings. The van der Waals surface area contributed by atoms with E-state index in [2.05, 4.69) is 15.4 Å². The highest BCUT2D eigenvalue weighted by atomic mass is 16.6. The van der Waals surface area contributed by atoms with Gasteiger partial charge in [0.05, 0.1) is 7.11 Å². The highest BCUT2D eigenvalue weighted by Gasteiger charge is 2.30. The number of carbonyl (C=O) groups is 4. The number of hydrogen-bond donors (Lipinski definition) is 2. The third kappa shape index (κ3) is 10.6. The molecular formula is C27H34N2O7. The molecule has 0 aliphatic heterocycles. The summed E-state index contributed by atoms with van der Waals surface area (Å²) in [4.78, 5) is 50.2. The largest absolute Gasteiger partial charge is 0.469 e. The van der Waals surface area contributed by atoms with Gasteiger partial charge >= 0.3 is 18.0 Å². The Balaban J connectivity index is 2.16. The zero-order valence-corrected chi connectivity index (χ0v) is 21.1. The molecule has 2 rings (SSSR count). The third-order valence-corrected chi connectivity index (χ3v) is 4.98. The second-order valence-corrected chi connectivity index (χ2v) is 9.16. The highest BCUT2D eigenvalue weighted by Crippen LogP contribution is 2.11. The van der Waals surface area contributed by atoms with Crippen LogP contribution in [0.15, 0.2) is 60.7 Å². The molecule has 2 N–H and O–H groups in total. The van der Waals surface area contributed by atoms with Crippen molar-refractivity contribution in [2.75, 3.05) is 7.11 Å². The van der Waals surface area contributed by atoms with Crippen LogP contribution in [-0.2, 0) is 41.6 Å². The minimum atomic E-state index is -1.13. The van der Waals surface area contributed by atoms with Gasteiger partial charge in [-0.2, -0.15) is 0 Å². The summed E-state index contributed by atoms with van der Waals surface area (Å²) >= 11 is 0. The summed E-state index contributed by atoms with van der Waals surface area (Å²) < 4.78 is 15.4. The van der Waals surface area contributed by atoms with Crippen molar-refractivity contribution in [2.24, 2.45) is 0 Å². The molecule has 0 aliphatic carbocycles. The summed E-state index contributed by atoms with van der Waals surface area (Å²) in [5.74, 6) is -1.85. The fraction of sp³-hybridized carbons (Fsp3) is 0.407. The Morgan fingerprint density at radius 2 is 1.42 bits per heavy atom. The number of nitrogens with one attached hydrogen (secondary N) is 2. The fourth-order valence-electron chi connectivity index (χ4n) is 3.22. The summed E-state index contributed by atoms with van der Waals surface area (Å²) in [6.45, 7) is 5.15. The Bertz CT molecular complexity index is 1000. The number of amides is 2. The fourth-order valence-corrected chi connectivity index (χ4v) is 3.22. The van der Waals surface area contributed by atoms with Crippen molar-refractivity contribution >= 4 is 23.9 Å². The van der Waals surface area contributed by atoms with E-state index in [-0.39, 0.29) is 25.9 Å². The van der Waals surface area contributed by atoms with Crippen molar-refractivity contribution in [3.63, 3.8) is 0 Å². The molecule has 2 atom stereocenters. The Morgan fingerprint density at radius 1 is 0.833 bits per heavy atom. The lowest BCUT2D eigenvalue weighted by Crippen LogP contribution is -2.53. The van der Waals surface area contributed by atoms with E-state index >= 15 is 0 Å². The van der Waals surface area contributed by atoms with Crippen LogP contribution in [0.1, 0.15) is 44.7 Å². The van der Waals surface area contributed by atoms with E-state index in [9.17, 15) is 19.2 Å². The van der Waals surface area contributed by atoms with E-state index in [0.717, 1.165) is 11.1 Å². The van der Waals surface area contributed by atoms with Gasteiger partial charge in [-0.15, -0.1) is 0 Å². The van der Waals surface area contributed by atoms with Crippen molar-refractivity contribution in [2.45, 2.75) is 64.3 Å². The summed E-state index contributed by atoms with van der Waals surface area (Å²) in [6.07, 6.45) is -0.744. The lowest BCUT2D eigenvalue weighted by Gasteiger charge is -2.25. The van der Waals surface area contributed by atoms with Gasteiger partial charge in [-0.05, 0) is 38.3 Å². The molecular weight excluding hydrogens is 464 g/mol. The molecule has 9 heteroatoms. The predicted octanol–water partition coefficient (Wildman–Crippen LogP) is 3.30. The molecule has 0 heterocycles. The second kappa shape index (κ2) is 13.9. The average Bonchev–Trinajstić information content (AvgIpc) is 2.84. The van der Waals surface area contributed by atoms with Gasteiger partial charge in [0, 0.05) is 12.8 Å². The second-order valence-electron chi connectivity index (χ2n) is 9.16. The molecule has 0 aliphatic rings. The van der Waals surface area contributed by atoms with Crippen LogP contribution >= 0.6 is 0 Å². The monoisotopic (exact) mass is 498 g/mol. The minimum Gasteiger partial charge on any atom is -0.469 e. The molecule has 0 fully saturated rings. The predicted molar refractivity (Wildman–Crippen MR) is 133 cm³/mol. The summed E-state index contributed by atoms with van der Waals surface area (Å²) in [5, 5.41) is 5.21. The Hall–Kier alpha value is -3.88. The molecule has 194 valence electrons. The van der Waals surface area contributed by atoms with Gasteiger partial charge in [-0.3, -0.25) is 9.59 Å². The van der Waals surface area contributed by atoms with Gasteiger partial charge < -0.3 is 24.8 Å². The van der Waals surface area contributed by atoms with Crippen LogP contribution in [0.4, 0.5) is 4.79 Å². The van der Waals surface area contributed by atoms with Crippen LogP contribution in [0, 0.1) is 0 Å². The molecule has 9 nitrogen and oxygen atoms in total. The molecule has 2 aromatic carbocycles. The molecule has 36 heavy (non-hydrogen) atoms. The number of hydrogen-bond acceptors (Lipinski definition) is 7. The standard InChI is InChI=1S/C27H34N2O7/c1-27(2,3)36-26(33)29-22(17-19-11-7-5-8-12-19)24(31)28-21(15-16-23(30)34-4)25(32)35-18-20-13-9-6-10-14-20/h5-14,21-22H,15-18H2,1-4H3,(H,28,31)(H,29,33)/t21-,22-/m0/s1. The normalized spacial score (nSPS) is 12.6. The zero-order valence-electron chi connectivity index (χ0n) is 21.1. The first-order valence-corrected chi connectivity index (χ1v) is 11.7. The Labute approximate surface area is 211 Å². The van der Waals surface area contributed by atoms with Gasteiger partial charge in [0.1, 0.15) is 24.3 Å². The molecule has 0 radical (unpaired) electrons. The number of methoxy groups -OCH3 is 1. The van der Waals surface area contributed by atoms with Crippen molar-refractivity contribution in [1.82, 2.24) is 10.6 Å². The maximum atomic E-state index is 13.2. The van der Waals surface area contributed by atoms with Crippen LogP contribution in [0.5, 0.6) is 0 Å². The number of rotatable bonds is 11. The summed E-state index contributed by atoms with van der Waals surface area (Å²) in [6, 6.07) is 16.0. The van der Waals surface area contributed by atoms with Gasteiger partial charge in [0.2, 0.25) is 5.91 Å². The highest BCUT2D eigenvalue weighted by molar-refractivity contribution is 5.90. The quantitative estimate of drug-likeness (QED) is 0.360. The number of carbonyl (C=O) groups excluding carboxylic acids is 4. The molecule has 0 unspecified atom stereocenters. The van der Waals surface area contributed by atoms with E-state index in [4.69, 9.17) is 9.47 Å². The molecule has 0 saturated heterocycles. The first-order chi connectivity index (χ1) is 17.1.